The van der Waals surface area contributed by atoms with E-state index in [-0.39, 0.29) is 0 Å². The largest absolute Gasteiger partial charge is 0.456 e. The van der Waals surface area contributed by atoms with Crippen LogP contribution in [0.1, 0.15) is 0 Å². The maximum Gasteiger partial charge on any atom is 0.164 e. The van der Waals surface area contributed by atoms with Gasteiger partial charge in [-0.3, -0.25) is 0 Å². The minimum atomic E-state index is 0.626. The Kier molecular flexibility index (Phi) is 8.42. The first-order valence-corrected chi connectivity index (χ1v) is 20.8. The standard InChI is InChI=1S/C57H36N4O/c1-4-15-37(16-5-1)42-29-31-51-48(35-42)47-25-10-11-27-50(47)61(51)45-30-32-52-49(36-45)54-46(26-14-28-53(54)62-52)43-23-12-21-40(33-43)41-22-13-24-44(34-41)57-59-55(38-17-6-2-7-18-38)58-56(60-57)39-19-8-3-9-20-39/h1-36H. The zero-order valence-electron chi connectivity index (χ0n) is 33.5. The quantitative estimate of drug-likeness (QED) is 0.161. The molecule has 290 valence electrons. The molecule has 0 aliphatic rings. The Morgan fingerprint density at radius 2 is 0.839 bits per heavy atom. The molecule has 0 saturated heterocycles. The van der Waals surface area contributed by atoms with Crippen LogP contribution in [-0.2, 0) is 0 Å². The molecule has 0 atom stereocenters. The summed E-state index contributed by atoms with van der Waals surface area (Å²) >= 11 is 0. The predicted octanol–water partition coefficient (Wildman–Crippen LogP) is 14.9. The fourth-order valence-electron chi connectivity index (χ4n) is 8.90. The zero-order valence-corrected chi connectivity index (χ0v) is 33.5. The molecule has 0 fully saturated rings. The van der Waals surface area contributed by atoms with Crippen molar-refractivity contribution < 1.29 is 4.42 Å². The molecule has 0 bridgehead atoms. The molecule has 9 aromatic carbocycles. The fraction of sp³-hybridized carbons (Fsp3) is 0. The monoisotopic (exact) mass is 792 g/mol. The van der Waals surface area contributed by atoms with Crippen LogP contribution in [0.5, 0.6) is 0 Å². The molecule has 0 N–H and O–H groups in total. The van der Waals surface area contributed by atoms with Crippen LogP contribution in [0, 0.1) is 0 Å². The van der Waals surface area contributed by atoms with E-state index in [1.54, 1.807) is 0 Å². The van der Waals surface area contributed by atoms with Gasteiger partial charge in [-0.2, -0.15) is 0 Å². The minimum Gasteiger partial charge on any atom is -0.456 e. The topological polar surface area (TPSA) is 56.7 Å². The Morgan fingerprint density at radius 3 is 1.55 bits per heavy atom. The van der Waals surface area contributed by atoms with E-state index >= 15 is 0 Å². The summed E-state index contributed by atoms with van der Waals surface area (Å²) in [6, 6.07) is 76.4. The zero-order chi connectivity index (χ0) is 41.0. The number of benzene rings is 9. The number of aromatic nitrogens is 4. The maximum absolute atomic E-state index is 6.56. The highest BCUT2D eigenvalue weighted by molar-refractivity contribution is 6.14. The summed E-state index contributed by atoms with van der Waals surface area (Å²) in [5, 5.41) is 4.62. The molecule has 5 nitrogen and oxygen atoms in total. The molecule has 0 saturated carbocycles. The van der Waals surface area contributed by atoms with Crippen molar-refractivity contribution >= 4 is 43.7 Å². The lowest BCUT2D eigenvalue weighted by molar-refractivity contribution is 0.669. The molecule has 3 heterocycles. The Morgan fingerprint density at radius 1 is 0.306 bits per heavy atom. The Labute approximate surface area is 357 Å². The summed E-state index contributed by atoms with van der Waals surface area (Å²) in [6.07, 6.45) is 0. The first kappa shape index (κ1) is 35.5. The van der Waals surface area contributed by atoms with Crippen molar-refractivity contribution in [2.45, 2.75) is 0 Å². The Balaban J connectivity index is 0.958. The van der Waals surface area contributed by atoms with Crippen LogP contribution in [0.25, 0.3) is 117 Å². The summed E-state index contributed by atoms with van der Waals surface area (Å²) in [5.74, 6) is 1.91. The van der Waals surface area contributed by atoms with Gasteiger partial charge < -0.3 is 8.98 Å². The summed E-state index contributed by atoms with van der Waals surface area (Å²) in [5.41, 5.74) is 14.7. The maximum atomic E-state index is 6.56. The van der Waals surface area contributed by atoms with Gasteiger partial charge in [-0.15, -0.1) is 0 Å². The molecule has 3 aromatic heterocycles. The molecular formula is C57H36N4O. The van der Waals surface area contributed by atoms with E-state index < -0.39 is 0 Å². The van der Waals surface area contributed by atoms with Gasteiger partial charge in [0, 0.05) is 43.9 Å². The number of para-hydroxylation sites is 1. The molecule has 0 aliphatic heterocycles. The molecule has 12 aromatic rings. The molecule has 0 amide bonds. The third-order valence-electron chi connectivity index (χ3n) is 11.8. The average Bonchev–Trinajstić information content (AvgIpc) is 3.90. The highest BCUT2D eigenvalue weighted by Gasteiger charge is 2.18. The number of furan rings is 1. The summed E-state index contributed by atoms with van der Waals surface area (Å²) in [7, 11) is 0. The molecule has 5 heteroatoms. The normalized spacial score (nSPS) is 11.5. The lowest BCUT2D eigenvalue weighted by Crippen LogP contribution is -2.00. The van der Waals surface area contributed by atoms with E-state index in [0.717, 1.165) is 72.1 Å². The van der Waals surface area contributed by atoms with Crippen LogP contribution in [0.3, 0.4) is 0 Å². The van der Waals surface area contributed by atoms with Gasteiger partial charge in [-0.1, -0.05) is 164 Å². The van der Waals surface area contributed by atoms with Crippen LogP contribution >= 0.6 is 0 Å². The Hall–Kier alpha value is -8.41. The van der Waals surface area contributed by atoms with E-state index in [2.05, 4.69) is 162 Å². The van der Waals surface area contributed by atoms with Crippen molar-refractivity contribution in [3.8, 4) is 73.2 Å². The van der Waals surface area contributed by atoms with Gasteiger partial charge in [-0.25, -0.2) is 15.0 Å². The Bertz CT molecular complexity index is 3570. The van der Waals surface area contributed by atoms with Crippen LogP contribution in [0.2, 0.25) is 0 Å². The van der Waals surface area contributed by atoms with E-state index in [1.165, 1.54) is 27.4 Å². The van der Waals surface area contributed by atoms with E-state index in [0.29, 0.717) is 17.5 Å². The third kappa shape index (κ3) is 6.14. The number of hydrogen-bond donors (Lipinski definition) is 0. The number of nitrogens with zero attached hydrogens (tertiary/aromatic N) is 4. The minimum absolute atomic E-state index is 0.626. The van der Waals surface area contributed by atoms with Crippen LogP contribution < -0.4 is 0 Å². The van der Waals surface area contributed by atoms with Gasteiger partial charge in [0.25, 0.3) is 0 Å². The van der Waals surface area contributed by atoms with Crippen molar-refractivity contribution in [2.24, 2.45) is 0 Å². The van der Waals surface area contributed by atoms with Crippen LogP contribution in [0.15, 0.2) is 223 Å². The van der Waals surface area contributed by atoms with Gasteiger partial charge in [-0.05, 0) is 88.0 Å². The second-order valence-corrected chi connectivity index (χ2v) is 15.6. The van der Waals surface area contributed by atoms with Gasteiger partial charge >= 0.3 is 0 Å². The lowest BCUT2D eigenvalue weighted by atomic mass is 9.95. The molecule has 0 unspecified atom stereocenters. The van der Waals surface area contributed by atoms with Gasteiger partial charge in [0.15, 0.2) is 17.5 Å². The second kappa shape index (κ2) is 14.7. The first-order chi connectivity index (χ1) is 30.7. The van der Waals surface area contributed by atoms with E-state index in [4.69, 9.17) is 19.4 Å². The summed E-state index contributed by atoms with van der Waals surface area (Å²) < 4.78 is 8.94. The van der Waals surface area contributed by atoms with Crippen molar-refractivity contribution in [1.29, 1.82) is 0 Å². The van der Waals surface area contributed by atoms with Crippen molar-refractivity contribution in [2.75, 3.05) is 0 Å². The number of hydrogen-bond acceptors (Lipinski definition) is 4. The van der Waals surface area contributed by atoms with E-state index in [9.17, 15) is 0 Å². The highest BCUT2D eigenvalue weighted by Crippen LogP contribution is 2.41. The predicted molar refractivity (Wildman–Crippen MR) is 254 cm³/mol. The summed E-state index contributed by atoms with van der Waals surface area (Å²) in [4.78, 5) is 14.9. The number of fused-ring (bicyclic) bond motifs is 6. The molecule has 62 heavy (non-hydrogen) atoms. The highest BCUT2D eigenvalue weighted by atomic mass is 16.3. The third-order valence-corrected chi connectivity index (χ3v) is 11.8. The lowest BCUT2D eigenvalue weighted by Gasteiger charge is -2.11. The smallest absolute Gasteiger partial charge is 0.164 e. The first-order valence-electron chi connectivity index (χ1n) is 20.8. The molecular weight excluding hydrogens is 757 g/mol. The summed E-state index contributed by atoms with van der Waals surface area (Å²) in [6.45, 7) is 0. The van der Waals surface area contributed by atoms with Crippen molar-refractivity contribution in [3.05, 3.63) is 218 Å². The molecule has 0 aliphatic carbocycles. The second-order valence-electron chi connectivity index (χ2n) is 15.6. The van der Waals surface area contributed by atoms with Crippen molar-refractivity contribution in [3.63, 3.8) is 0 Å². The van der Waals surface area contributed by atoms with Gasteiger partial charge in [0.1, 0.15) is 11.2 Å². The van der Waals surface area contributed by atoms with Crippen molar-refractivity contribution in [1.82, 2.24) is 19.5 Å². The number of rotatable bonds is 7. The SMILES string of the molecule is c1ccc(-c2ccc3c(c2)c2ccccc2n3-c2ccc3oc4cccc(-c5cccc(-c6cccc(-c7nc(-c8ccccc8)nc(-c8ccccc8)n7)c6)c5)c4c3c2)cc1. The molecule has 0 radical (unpaired) electrons. The van der Waals surface area contributed by atoms with Gasteiger partial charge in [0.2, 0.25) is 0 Å². The average molecular weight is 793 g/mol. The van der Waals surface area contributed by atoms with E-state index in [1.807, 2.05) is 60.7 Å². The van der Waals surface area contributed by atoms with Gasteiger partial charge in [0.05, 0.1) is 11.0 Å². The van der Waals surface area contributed by atoms with Crippen LogP contribution in [0.4, 0.5) is 0 Å². The molecule has 0 spiro atoms. The molecule has 12 rings (SSSR count). The fourth-order valence-corrected chi connectivity index (χ4v) is 8.90. The van der Waals surface area contributed by atoms with Crippen LogP contribution in [-0.4, -0.2) is 19.5 Å².